The van der Waals surface area contributed by atoms with Crippen molar-refractivity contribution in [2.75, 3.05) is 0 Å². The third-order valence-corrected chi connectivity index (χ3v) is 6.77. The molecule has 2 rings (SSSR count). The molecular weight excluding hydrogens is 472 g/mol. The van der Waals surface area contributed by atoms with Crippen LogP contribution in [0.2, 0.25) is 0 Å². The van der Waals surface area contributed by atoms with Crippen LogP contribution in [0.3, 0.4) is 0 Å². The Labute approximate surface area is 219 Å². The van der Waals surface area contributed by atoms with E-state index >= 15 is 0 Å². The summed E-state index contributed by atoms with van der Waals surface area (Å²) >= 11 is 1.19. The fraction of sp³-hybridized carbons (Fsp3) is 0.433. The highest BCUT2D eigenvalue weighted by Gasteiger charge is 2.14. The van der Waals surface area contributed by atoms with Gasteiger partial charge in [-0.05, 0) is 62.8 Å². The SMILES string of the molecule is CCCCCC=CCC=CCCCCCCCC(=O)Oc1cc(O)ccc1Sc1ccc(O)cc1O. The average Bonchev–Trinajstić information content (AvgIpc) is 2.84. The molecule has 0 amide bonds. The van der Waals surface area contributed by atoms with Gasteiger partial charge in [-0.2, -0.15) is 0 Å². The third kappa shape index (κ3) is 12.2. The Kier molecular flexibility index (Phi) is 14.3. The number of carbonyl (C=O) groups excluding carboxylic acids is 1. The summed E-state index contributed by atoms with van der Waals surface area (Å²) in [6.07, 6.45) is 21.7. The first-order chi connectivity index (χ1) is 17.5. The van der Waals surface area contributed by atoms with E-state index in [-0.39, 0.29) is 29.0 Å². The summed E-state index contributed by atoms with van der Waals surface area (Å²) < 4.78 is 5.52. The zero-order chi connectivity index (χ0) is 26.0. The van der Waals surface area contributed by atoms with Crippen LogP contribution >= 0.6 is 11.8 Å². The summed E-state index contributed by atoms with van der Waals surface area (Å²) in [4.78, 5) is 13.5. The molecule has 0 spiro atoms. The number of aromatic hydroxyl groups is 3. The number of ether oxygens (including phenoxy) is 1. The predicted octanol–water partition coefficient (Wildman–Crippen LogP) is 8.67. The summed E-state index contributed by atoms with van der Waals surface area (Å²) in [7, 11) is 0. The van der Waals surface area contributed by atoms with E-state index < -0.39 is 0 Å². The molecule has 196 valence electrons. The van der Waals surface area contributed by atoms with Crippen molar-refractivity contribution in [2.45, 2.75) is 93.8 Å². The van der Waals surface area contributed by atoms with Crippen molar-refractivity contribution in [1.29, 1.82) is 0 Å². The molecule has 36 heavy (non-hydrogen) atoms. The number of phenolic OH excluding ortho intramolecular Hbond substituents is 3. The molecule has 0 aliphatic heterocycles. The summed E-state index contributed by atoms with van der Waals surface area (Å²) in [6.45, 7) is 2.23. The van der Waals surface area contributed by atoms with Crippen LogP contribution in [-0.2, 0) is 4.79 Å². The minimum absolute atomic E-state index is 0.00544. The fourth-order valence-electron chi connectivity index (χ4n) is 3.63. The molecule has 0 saturated carbocycles. The molecule has 6 heteroatoms. The monoisotopic (exact) mass is 512 g/mol. The maximum atomic E-state index is 12.4. The molecule has 0 fully saturated rings. The van der Waals surface area contributed by atoms with E-state index in [1.54, 1.807) is 12.1 Å². The topological polar surface area (TPSA) is 87.0 Å². The van der Waals surface area contributed by atoms with Gasteiger partial charge in [0, 0.05) is 18.6 Å². The molecule has 0 aliphatic rings. The zero-order valence-electron chi connectivity index (χ0n) is 21.3. The van der Waals surface area contributed by atoms with Crippen molar-refractivity contribution in [3.63, 3.8) is 0 Å². The van der Waals surface area contributed by atoms with E-state index in [0.717, 1.165) is 44.9 Å². The van der Waals surface area contributed by atoms with Crippen LogP contribution in [-0.4, -0.2) is 21.3 Å². The number of rotatable bonds is 17. The van der Waals surface area contributed by atoms with Crippen molar-refractivity contribution in [2.24, 2.45) is 0 Å². The van der Waals surface area contributed by atoms with Crippen molar-refractivity contribution in [1.82, 2.24) is 0 Å². The first kappa shape index (κ1) is 29.4. The van der Waals surface area contributed by atoms with Crippen LogP contribution in [0, 0.1) is 0 Å². The Morgan fingerprint density at radius 2 is 1.39 bits per heavy atom. The molecule has 5 nitrogen and oxygen atoms in total. The van der Waals surface area contributed by atoms with Crippen LogP contribution in [0.5, 0.6) is 23.0 Å². The van der Waals surface area contributed by atoms with Crippen molar-refractivity contribution >= 4 is 17.7 Å². The Bertz CT molecular complexity index is 983. The number of carbonyl (C=O) groups is 1. The van der Waals surface area contributed by atoms with Gasteiger partial charge in [-0.1, -0.05) is 75.1 Å². The van der Waals surface area contributed by atoms with Crippen molar-refractivity contribution in [3.8, 4) is 23.0 Å². The molecule has 0 saturated heterocycles. The second-order valence-electron chi connectivity index (χ2n) is 8.84. The molecule has 0 aromatic heterocycles. The smallest absolute Gasteiger partial charge is 0.311 e. The minimum Gasteiger partial charge on any atom is -0.508 e. The van der Waals surface area contributed by atoms with Gasteiger partial charge in [0.1, 0.15) is 23.0 Å². The first-order valence-corrected chi connectivity index (χ1v) is 13.8. The van der Waals surface area contributed by atoms with Crippen molar-refractivity contribution < 1.29 is 24.9 Å². The van der Waals surface area contributed by atoms with Crippen LogP contribution < -0.4 is 4.74 Å². The number of esters is 1. The maximum absolute atomic E-state index is 12.4. The number of unbranched alkanes of at least 4 members (excludes halogenated alkanes) is 8. The Morgan fingerprint density at radius 3 is 2.08 bits per heavy atom. The first-order valence-electron chi connectivity index (χ1n) is 13.0. The average molecular weight is 513 g/mol. The van der Waals surface area contributed by atoms with Gasteiger partial charge in [0.15, 0.2) is 0 Å². The quantitative estimate of drug-likeness (QED) is 0.0850. The lowest BCUT2D eigenvalue weighted by atomic mass is 10.1. The Hall–Kier alpha value is -2.86. The van der Waals surface area contributed by atoms with Gasteiger partial charge in [0.05, 0.1) is 9.79 Å². The van der Waals surface area contributed by atoms with E-state index in [0.29, 0.717) is 16.2 Å². The van der Waals surface area contributed by atoms with Gasteiger partial charge in [-0.15, -0.1) is 0 Å². The van der Waals surface area contributed by atoms with Gasteiger partial charge in [0.25, 0.3) is 0 Å². The van der Waals surface area contributed by atoms with E-state index in [9.17, 15) is 20.1 Å². The summed E-state index contributed by atoms with van der Waals surface area (Å²) in [6, 6.07) is 8.82. The third-order valence-electron chi connectivity index (χ3n) is 5.65. The molecule has 0 unspecified atom stereocenters. The molecule has 0 radical (unpaired) electrons. The van der Waals surface area contributed by atoms with Gasteiger partial charge >= 0.3 is 5.97 Å². The van der Waals surface area contributed by atoms with Crippen LogP contribution in [0.4, 0.5) is 0 Å². The summed E-state index contributed by atoms with van der Waals surface area (Å²) in [5.74, 6) is -0.209. The van der Waals surface area contributed by atoms with E-state index in [2.05, 4.69) is 31.2 Å². The summed E-state index contributed by atoms with van der Waals surface area (Å²) in [5.41, 5.74) is 0. The molecule has 2 aromatic rings. The highest BCUT2D eigenvalue weighted by Crippen LogP contribution is 2.41. The normalized spacial score (nSPS) is 11.5. The lowest BCUT2D eigenvalue weighted by Crippen LogP contribution is -2.08. The lowest BCUT2D eigenvalue weighted by molar-refractivity contribution is -0.134. The lowest BCUT2D eigenvalue weighted by Gasteiger charge is -2.11. The van der Waals surface area contributed by atoms with E-state index in [4.69, 9.17) is 4.74 Å². The van der Waals surface area contributed by atoms with Crippen LogP contribution in [0.1, 0.15) is 84.0 Å². The fourth-order valence-corrected chi connectivity index (χ4v) is 4.50. The van der Waals surface area contributed by atoms with Gasteiger partial charge < -0.3 is 20.1 Å². The van der Waals surface area contributed by atoms with Gasteiger partial charge in [-0.25, -0.2) is 0 Å². The second kappa shape index (κ2) is 17.6. The van der Waals surface area contributed by atoms with Crippen molar-refractivity contribution in [3.05, 3.63) is 60.7 Å². The number of phenols is 3. The molecule has 0 heterocycles. The van der Waals surface area contributed by atoms with Gasteiger partial charge in [-0.3, -0.25) is 4.79 Å². The number of allylic oxidation sites excluding steroid dienone is 4. The van der Waals surface area contributed by atoms with Crippen LogP contribution in [0.25, 0.3) is 0 Å². The molecule has 0 bridgehead atoms. The molecule has 3 N–H and O–H groups in total. The van der Waals surface area contributed by atoms with E-state index in [1.165, 1.54) is 61.7 Å². The molecular formula is C30H40O5S. The van der Waals surface area contributed by atoms with E-state index in [1.807, 2.05) is 0 Å². The number of hydrogen-bond acceptors (Lipinski definition) is 6. The maximum Gasteiger partial charge on any atom is 0.311 e. The molecule has 0 aliphatic carbocycles. The second-order valence-corrected chi connectivity index (χ2v) is 9.92. The Morgan fingerprint density at radius 1 is 0.778 bits per heavy atom. The largest absolute Gasteiger partial charge is 0.508 e. The van der Waals surface area contributed by atoms with Crippen LogP contribution in [0.15, 0.2) is 70.5 Å². The predicted molar refractivity (Wildman–Crippen MR) is 147 cm³/mol. The standard InChI is InChI=1S/C30H40O5S/c1-2-3-4-5-6-7-8-9-10-11-12-13-14-15-16-17-30(34)35-27-23-25(32)19-21-29(27)36-28-20-18-24(31)22-26(28)33/h6-7,9-10,18-23,31-33H,2-5,8,11-17H2,1H3. The number of benzene rings is 2. The minimum atomic E-state index is -0.344. The highest BCUT2D eigenvalue weighted by atomic mass is 32.2. The number of hydrogen-bond donors (Lipinski definition) is 3. The Balaban J connectivity index is 1.63. The zero-order valence-corrected chi connectivity index (χ0v) is 22.1. The highest BCUT2D eigenvalue weighted by molar-refractivity contribution is 7.99. The molecule has 0 atom stereocenters. The summed E-state index contributed by atoms with van der Waals surface area (Å²) in [5, 5.41) is 29.3. The molecule has 2 aromatic carbocycles. The van der Waals surface area contributed by atoms with Gasteiger partial charge in [0.2, 0.25) is 0 Å².